The first-order valence-corrected chi connectivity index (χ1v) is 6.26. The number of nitrogens with two attached hydrogens (primary N) is 1. The minimum Gasteiger partial charge on any atom is -0.322 e. The second-order valence-corrected chi connectivity index (χ2v) is 3.98. The number of amidine groups is 1. The van der Waals surface area contributed by atoms with Gasteiger partial charge in [0.2, 0.25) is 5.91 Å². The molecule has 0 atom stereocenters. The van der Waals surface area contributed by atoms with E-state index in [0.717, 1.165) is 5.56 Å². The fourth-order valence-electron chi connectivity index (χ4n) is 1.11. The van der Waals surface area contributed by atoms with Gasteiger partial charge in [0.15, 0.2) is 5.17 Å². The Balaban J connectivity index is 2.78. The first-order chi connectivity index (χ1) is 8.17. The van der Waals surface area contributed by atoms with Crippen LogP contribution in [0.3, 0.4) is 0 Å². The monoisotopic (exact) mass is 249 g/mol. The van der Waals surface area contributed by atoms with Crippen LogP contribution < -0.4 is 11.1 Å². The highest BCUT2D eigenvalue weighted by atomic mass is 32.2. The minimum absolute atomic E-state index is 0.0581. The summed E-state index contributed by atoms with van der Waals surface area (Å²) in [6.07, 6.45) is 1.83. The van der Waals surface area contributed by atoms with Crippen molar-refractivity contribution in [2.75, 3.05) is 12.8 Å². The van der Waals surface area contributed by atoms with Crippen molar-refractivity contribution in [1.29, 1.82) is 0 Å². The lowest BCUT2D eigenvalue weighted by Gasteiger charge is -2.06. The summed E-state index contributed by atoms with van der Waals surface area (Å²) in [5.41, 5.74) is 6.74. The molecule has 0 radical (unpaired) electrons. The summed E-state index contributed by atoms with van der Waals surface area (Å²) >= 11 is 1.34. The molecule has 0 aromatic heterocycles. The number of hydrogen-bond donors (Lipinski definition) is 2. The van der Waals surface area contributed by atoms with E-state index >= 15 is 0 Å². The van der Waals surface area contributed by atoms with Crippen LogP contribution in [0.4, 0.5) is 0 Å². The van der Waals surface area contributed by atoms with Crippen molar-refractivity contribution in [3.8, 4) is 0 Å². The van der Waals surface area contributed by atoms with Crippen molar-refractivity contribution < 1.29 is 4.79 Å². The van der Waals surface area contributed by atoms with Crippen molar-refractivity contribution in [2.45, 2.75) is 0 Å². The van der Waals surface area contributed by atoms with Gasteiger partial charge in [-0.3, -0.25) is 4.79 Å². The van der Waals surface area contributed by atoms with Crippen LogP contribution in [-0.4, -0.2) is 23.9 Å². The largest absolute Gasteiger partial charge is 0.322 e. The third-order valence-electron chi connectivity index (χ3n) is 1.97. The van der Waals surface area contributed by atoms with Crippen LogP contribution >= 0.6 is 11.8 Å². The summed E-state index contributed by atoms with van der Waals surface area (Å²) in [5, 5.41) is 3.10. The highest BCUT2D eigenvalue weighted by Gasteiger charge is 2.04. The van der Waals surface area contributed by atoms with Gasteiger partial charge in [0, 0.05) is 0 Å². The van der Waals surface area contributed by atoms with E-state index in [9.17, 15) is 4.79 Å². The average Bonchev–Trinajstić information content (AvgIpc) is 2.38. The van der Waals surface area contributed by atoms with E-state index in [1.54, 1.807) is 0 Å². The number of thioether (sulfide) groups is 1. The molecule has 0 aliphatic rings. The van der Waals surface area contributed by atoms with Gasteiger partial charge in [0.1, 0.15) is 0 Å². The molecule has 5 heteroatoms. The van der Waals surface area contributed by atoms with E-state index < -0.39 is 0 Å². The lowest BCUT2D eigenvalue weighted by molar-refractivity contribution is -0.118. The number of nitrogens with one attached hydrogen (secondary N) is 1. The Hall–Kier alpha value is -1.59. The maximum atomic E-state index is 11.1. The van der Waals surface area contributed by atoms with E-state index in [1.807, 2.05) is 36.6 Å². The molecule has 4 nitrogen and oxygen atoms in total. The lowest BCUT2D eigenvalue weighted by Crippen LogP contribution is -2.33. The van der Waals surface area contributed by atoms with Crippen LogP contribution in [0.2, 0.25) is 0 Å². The molecule has 0 unspecified atom stereocenters. The maximum Gasteiger partial charge on any atom is 0.239 e. The fraction of sp³-hybridized carbons (Fsp3) is 0.167. The third kappa shape index (κ3) is 4.42. The van der Waals surface area contributed by atoms with E-state index in [2.05, 4.69) is 16.9 Å². The fourth-order valence-corrected chi connectivity index (χ4v) is 1.53. The van der Waals surface area contributed by atoms with Crippen LogP contribution in [0.25, 0.3) is 5.70 Å². The number of carbonyl (C=O) groups is 1. The molecule has 0 spiro atoms. The van der Waals surface area contributed by atoms with Crippen molar-refractivity contribution in [3.05, 3.63) is 42.5 Å². The van der Waals surface area contributed by atoms with Gasteiger partial charge in [-0.1, -0.05) is 48.7 Å². The van der Waals surface area contributed by atoms with E-state index in [4.69, 9.17) is 5.73 Å². The van der Waals surface area contributed by atoms with E-state index in [-0.39, 0.29) is 12.5 Å². The molecule has 90 valence electrons. The predicted molar refractivity (Wildman–Crippen MR) is 73.6 cm³/mol. The van der Waals surface area contributed by atoms with Gasteiger partial charge in [-0.25, -0.2) is 4.99 Å². The smallest absolute Gasteiger partial charge is 0.239 e. The standard InChI is InChI=1S/C12H15N3OS/c1-9(10-6-4-3-5-7-10)14-12(17-2)15-11(16)8-13/h3-7H,1,8,13H2,2H3,(H,14,15,16). The Morgan fingerprint density at radius 3 is 2.65 bits per heavy atom. The molecular formula is C12H15N3OS. The molecule has 0 bridgehead atoms. The van der Waals surface area contributed by atoms with Gasteiger partial charge in [-0.2, -0.15) is 0 Å². The number of carbonyl (C=O) groups excluding carboxylic acids is 1. The van der Waals surface area contributed by atoms with Crippen LogP contribution in [0.15, 0.2) is 41.9 Å². The van der Waals surface area contributed by atoms with Gasteiger partial charge < -0.3 is 11.1 Å². The summed E-state index contributed by atoms with van der Waals surface area (Å²) in [5.74, 6) is -0.265. The second-order valence-electron chi connectivity index (χ2n) is 3.19. The van der Waals surface area contributed by atoms with Crippen LogP contribution in [0.5, 0.6) is 0 Å². The topological polar surface area (TPSA) is 67.5 Å². The Bertz CT molecular complexity index is 429. The minimum atomic E-state index is -0.265. The summed E-state index contributed by atoms with van der Waals surface area (Å²) < 4.78 is 0. The van der Waals surface area contributed by atoms with Crippen molar-refractivity contribution in [2.24, 2.45) is 10.7 Å². The molecule has 0 saturated heterocycles. The lowest BCUT2D eigenvalue weighted by atomic mass is 10.2. The van der Waals surface area contributed by atoms with E-state index in [1.165, 1.54) is 11.8 Å². The number of hydrogen-bond acceptors (Lipinski definition) is 4. The predicted octanol–water partition coefficient (Wildman–Crippen LogP) is 1.45. The van der Waals surface area contributed by atoms with Crippen molar-refractivity contribution in [3.63, 3.8) is 0 Å². The van der Waals surface area contributed by atoms with Crippen LogP contribution in [-0.2, 0) is 4.79 Å². The van der Waals surface area contributed by atoms with Gasteiger partial charge >= 0.3 is 0 Å². The molecule has 0 fully saturated rings. The third-order valence-corrected chi connectivity index (χ3v) is 2.55. The highest BCUT2D eigenvalue weighted by Crippen LogP contribution is 2.14. The summed E-state index contributed by atoms with van der Waals surface area (Å²) in [6.45, 7) is 3.80. The molecule has 0 aliphatic heterocycles. The zero-order valence-corrected chi connectivity index (χ0v) is 10.5. The number of amides is 1. The molecule has 1 rings (SSSR count). The number of aliphatic imine (C=N–C) groups is 1. The SMILES string of the molecule is C=C(N=C(NC(=O)CN)SC)c1ccccc1. The molecule has 0 aliphatic carbocycles. The molecule has 3 N–H and O–H groups in total. The molecule has 0 saturated carbocycles. The molecule has 1 aromatic rings. The Morgan fingerprint density at radius 2 is 2.12 bits per heavy atom. The second kappa shape index (κ2) is 6.88. The summed E-state index contributed by atoms with van der Waals surface area (Å²) in [6, 6.07) is 9.57. The Labute approximate surface area is 105 Å². The van der Waals surface area contributed by atoms with Crippen molar-refractivity contribution in [1.82, 2.24) is 5.32 Å². The van der Waals surface area contributed by atoms with Crippen LogP contribution in [0.1, 0.15) is 5.56 Å². The molecule has 1 aromatic carbocycles. The maximum absolute atomic E-state index is 11.1. The number of rotatable bonds is 3. The van der Waals surface area contributed by atoms with E-state index in [0.29, 0.717) is 10.9 Å². The molecule has 0 heterocycles. The number of benzene rings is 1. The van der Waals surface area contributed by atoms with Gasteiger partial charge in [-0.15, -0.1) is 0 Å². The first-order valence-electron chi connectivity index (χ1n) is 5.04. The highest BCUT2D eigenvalue weighted by molar-refractivity contribution is 8.13. The zero-order chi connectivity index (χ0) is 12.7. The summed E-state index contributed by atoms with van der Waals surface area (Å²) in [4.78, 5) is 15.4. The quantitative estimate of drug-likeness (QED) is 0.629. The van der Waals surface area contributed by atoms with Gasteiger partial charge in [-0.05, 0) is 11.8 Å². The van der Waals surface area contributed by atoms with Crippen molar-refractivity contribution >= 4 is 28.5 Å². The Morgan fingerprint density at radius 1 is 1.47 bits per heavy atom. The average molecular weight is 249 g/mol. The summed E-state index contributed by atoms with van der Waals surface area (Å²) in [7, 11) is 0. The van der Waals surface area contributed by atoms with Gasteiger partial charge in [0.25, 0.3) is 0 Å². The molecule has 1 amide bonds. The molecule has 17 heavy (non-hydrogen) atoms. The number of nitrogens with zero attached hydrogens (tertiary/aromatic N) is 1. The first kappa shape index (κ1) is 13.5. The normalized spacial score (nSPS) is 11.1. The zero-order valence-electron chi connectivity index (χ0n) is 9.64. The Kier molecular flexibility index (Phi) is 5.45. The van der Waals surface area contributed by atoms with Crippen LogP contribution in [0, 0.1) is 0 Å². The molecular weight excluding hydrogens is 234 g/mol. The van der Waals surface area contributed by atoms with Gasteiger partial charge in [0.05, 0.1) is 12.2 Å².